The fraction of sp³-hybridized carbons (Fsp3) is 0.188. The molecule has 3 nitrogen and oxygen atoms in total. The van der Waals surface area contributed by atoms with Crippen molar-refractivity contribution in [3.05, 3.63) is 60.1 Å². The SMILES string of the molecule is C=C(c1ccco1)N(C(=O)CCl)c1c(C)cccc1C. The van der Waals surface area contributed by atoms with E-state index in [1.807, 2.05) is 32.0 Å². The zero-order chi connectivity index (χ0) is 14.7. The van der Waals surface area contributed by atoms with Crippen LogP contribution < -0.4 is 4.90 Å². The number of aryl methyl sites for hydroxylation is 2. The second-order valence-electron chi connectivity index (χ2n) is 4.53. The van der Waals surface area contributed by atoms with E-state index in [-0.39, 0.29) is 11.8 Å². The van der Waals surface area contributed by atoms with Crippen molar-refractivity contribution in [1.82, 2.24) is 0 Å². The van der Waals surface area contributed by atoms with Gasteiger partial charge in [-0.25, -0.2) is 0 Å². The normalized spacial score (nSPS) is 10.3. The molecule has 0 aliphatic heterocycles. The van der Waals surface area contributed by atoms with E-state index in [0.29, 0.717) is 11.5 Å². The monoisotopic (exact) mass is 289 g/mol. The van der Waals surface area contributed by atoms with Crippen LogP contribution in [0, 0.1) is 13.8 Å². The fourth-order valence-electron chi connectivity index (χ4n) is 2.18. The molecular formula is C16H16ClNO2. The summed E-state index contributed by atoms with van der Waals surface area (Å²) in [5.41, 5.74) is 3.25. The third-order valence-electron chi connectivity index (χ3n) is 3.10. The van der Waals surface area contributed by atoms with Gasteiger partial charge in [-0.1, -0.05) is 24.8 Å². The van der Waals surface area contributed by atoms with Crippen molar-refractivity contribution in [2.45, 2.75) is 13.8 Å². The average Bonchev–Trinajstić information content (AvgIpc) is 2.95. The van der Waals surface area contributed by atoms with Gasteiger partial charge in [-0.05, 0) is 37.1 Å². The molecule has 0 bridgehead atoms. The molecule has 0 aliphatic rings. The molecule has 2 rings (SSSR count). The summed E-state index contributed by atoms with van der Waals surface area (Å²) in [5.74, 6) is 0.199. The first-order valence-corrected chi connectivity index (χ1v) is 6.77. The number of amides is 1. The smallest absolute Gasteiger partial charge is 0.246 e. The van der Waals surface area contributed by atoms with Crippen LogP contribution in [0.4, 0.5) is 5.69 Å². The van der Waals surface area contributed by atoms with Crippen molar-refractivity contribution in [2.24, 2.45) is 0 Å². The summed E-state index contributed by atoms with van der Waals surface area (Å²) in [5, 5.41) is 0. The second kappa shape index (κ2) is 5.97. The summed E-state index contributed by atoms with van der Waals surface area (Å²) >= 11 is 5.74. The summed E-state index contributed by atoms with van der Waals surface area (Å²) in [6.07, 6.45) is 1.55. The van der Waals surface area contributed by atoms with E-state index in [9.17, 15) is 4.79 Å². The molecule has 1 aromatic carbocycles. The molecule has 0 fully saturated rings. The molecule has 0 saturated heterocycles. The third kappa shape index (κ3) is 2.63. The van der Waals surface area contributed by atoms with Gasteiger partial charge in [0, 0.05) is 0 Å². The minimum absolute atomic E-state index is 0.118. The third-order valence-corrected chi connectivity index (χ3v) is 3.33. The Labute approximate surface area is 123 Å². The Morgan fingerprint density at radius 2 is 1.90 bits per heavy atom. The van der Waals surface area contributed by atoms with Crippen LogP contribution in [0.15, 0.2) is 47.6 Å². The Bertz CT molecular complexity index is 612. The molecule has 0 saturated carbocycles. The van der Waals surface area contributed by atoms with Crippen molar-refractivity contribution >= 4 is 28.9 Å². The Kier molecular flexibility index (Phi) is 4.30. The van der Waals surface area contributed by atoms with E-state index in [1.54, 1.807) is 18.4 Å². The first kappa shape index (κ1) is 14.4. The number of nitrogens with zero attached hydrogens (tertiary/aromatic N) is 1. The van der Waals surface area contributed by atoms with Gasteiger partial charge >= 0.3 is 0 Å². The standard InChI is InChI=1S/C16H16ClNO2/c1-11-6-4-7-12(2)16(11)18(15(19)10-17)13(3)14-8-5-9-20-14/h4-9H,3,10H2,1-2H3. The lowest BCUT2D eigenvalue weighted by molar-refractivity contribution is -0.115. The molecule has 104 valence electrons. The minimum Gasteiger partial charge on any atom is -0.463 e. The quantitative estimate of drug-likeness (QED) is 0.793. The van der Waals surface area contributed by atoms with Gasteiger partial charge < -0.3 is 4.42 Å². The molecule has 0 unspecified atom stereocenters. The van der Waals surface area contributed by atoms with Gasteiger partial charge in [0.05, 0.1) is 17.6 Å². The van der Waals surface area contributed by atoms with Gasteiger partial charge in [0.25, 0.3) is 0 Å². The first-order valence-electron chi connectivity index (χ1n) is 6.24. The number of hydrogen-bond acceptors (Lipinski definition) is 2. The highest BCUT2D eigenvalue weighted by Gasteiger charge is 2.23. The molecule has 0 spiro atoms. The number of hydrogen-bond donors (Lipinski definition) is 0. The van der Waals surface area contributed by atoms with Crippen LogP contribution in [-0.4, -0.2) is 11.8 Å². The van der Waals surface area contributed by atoms with Crippen LogP contribution in [0.25, 0.3) is 5.70 Å². The van der Waals surface area contributed by atoms with Gasteiger partial charge in [0.1, 0.15) is 11.6 Å². The maximum absolute atomic E-state index is 12.2. The van der Waals surface area contributed by atoms with Crippen molar-refractivity contribution in [3.63, 3.8) is 0 Å². The van der Waals surface area contributed by atoms with Gasteiger partial charge in [0.2, 0.25) is 5.91 Å². The van der Waals surface area contributed by atoms with Crippen molar-refractivity contribution in [2.75, 3.05) is 10.8 Å². The molecule has 1 heterocycles. The molecular weight excluding hydrogens is 274 g/mol. The molecule has 0 N–H and O–H groups in total. The zero-order valence-electron chi connectivity index (χ0n) is 11.5. The van der Waals surface area contributed by atoms with E-state index in [2.05, 4.69) is 6.58 Å². The van der Waals surface area contributed by atoms with Crippen LogP contribution in [0.5, 0.6) is 0 Å². The summed E-state index contributed by atoms with van der Waals surface area (Å²) in [6.45, 7) is 7.88. The van der Waals surface area contributed by atoms with Crippen LogP contribution in [0.1, 0.15) is 16.9 Å². The lowest BCUT2D eigenvalue weighted by Gasteiger charge is -2.26. The number of anilines is 1. The molecule has 0 radical (unpaired) electrons. The lowest BCUT2D eigenvalue weighted by Crippen LogP contribution is -2.31. The predicted molar refractivity (Wildman–Crippen MR) is 81.9 cm³/mol. The van der Waals surface area contributed by atoms with Crippen molar-refractivity contribution < 1.29 is 9.21 Å². The van der Waals surface area contributed by atoms with Gasteiger partial charge in [-0.2, -0.15) is 0 Å². The largest absolute Gasteiger partial charge is 0.463 e. The molecule has 1 aromatic heterocycles. The maximum Gasteiger partial charge on any atom is 0.246 e. The van der Waals surface area contributed by atoms with Gasteiger partial charge in [-0.3, -0.25) is 9.69 Å². The number of benzene rings is 1. The van der Waals surface area contributed by atoms with E-state index < -0.39 is 0 Å². The number of alkyl halides is 1. The van der Waals surface area contributed by atoms with Crippen LogP contribution in [0.2, 0.25) is 0 Å². The van der Waals surface area contributed by atoms with E-state index >= 15 is 0 Å². The summed E-state index contributed by atoms with van der Waals surface area (Å²) < 4.78 is 5.34. The van der Waals surface area contributed by atoms with Crippen LogP contribution >= 0.6 is 11.6 Å². The topological polar surface area (TPSA) is 33.5 Å². The second-order valence-corrected chi connectivity index (χ2v) is 4.79. The predicted octanol–water partition coefficient (Wildman–Crippen LogP) is 4.14. The molecule has 0 atom stereocenters. The summed E-state index contributed by atoms with van der Waals surface area (Å²) in [4.78, 5) is 13.8. The Morgan fingerprint density at radius 1 is 1.25 bits per heavy atom. The maximum atomic E-state index is 12.2. The Hall–Kier alpha value is -2.00. The zero-order valence-corrected chi connectivity index (χ0v) is 12.3. The summed E-state index contributed by atoms with van der Waals surface area (Å²) in [6, 6.07) is 9.38. The summed E-state index contributed by atoms with van der Waals surface area (Å²) in [7, 11) is 0. The minimum atomic E-state index is -0.231. The molecule has 2 aromatic rings. The number of carbonyl (C=O) groups is 1. The highest BCUT2D eigenvalue weighted by molar-refractivity contribution is 6.31. The Balaban J connectivity index is 2.54. The lowest BCUT2D eigenvalue weighted by atomic mass is 10.1. The van der Waals surface area contributed by atoms with Gasteiger partial charge in [0.15, 0.2) is 0 Å². The number of carbonyl (C=O) groups excluding carboxylic acids is 1. The number of furan rings is 1. The van der Waals surface area contributed by atoms with Crippen LogP contribution in [-0.2, 0) is 4.79 Å². The number of rotatable bonds is 4. The molecule has 1 amide bonds. The van der Waals surface area contributed by atoms with E-state index in [1.165, 1.54) is 4.90 Å². The van der Waals surface area contributed by atoms with Crippen LogP contribution in [0.3, 0.4) is 0 Å². The highest BCUT2D eigenvalue weighted by Crippen LogP contribution is 2.31. The molecule has 4 heteroatoms. The fourth-order valence-corrected chi connectivity index (χ4v) is 2.30. The van der Waals surface area contributed by atoms with E-state index in [4.69, 9.17) is 16.0 Å². The first-order chi connectivity index (χ1) is 9.56. The van der Waals surface area contributed by atoms with Gasteiger partial charge in [-0.15, -0.1) is 11.6 Å². The number of para-hydroxylation sites is 1. The van der Waals surface area contributed by atoms with Crippen molar-refractivity contribution in [1.29, 1.82) is 0 Å². The molecule has 0 aliphatic carbocycles. The molecule has 20 heavy (non-hydrogen) atoms. The van der Waals surface area contributed by atoms with E-state index in [0.717, 1.165) is 16.8 Å². The average molecular weight is 290 g/mol. The Morgan fingerprint density at radius 3 is 2.40 bits per heavy atom. The number of halogens is 1. The van der Waals surface area contributed by atoms with Crippen molar-refractivity contribution in [3.8, 4) is 0 Å². The highest BCUT2D eigenvalue weighted by atomic mass is 35.5.